The summed E-state index contributed by atoms with van der Waals surface area (Å²) in [6, 6.07) is 29.7. The summed E-state index contributed by atoms with van der Waals surface area (Å²) in [6.45, 7) is 7.46. The van der Waals surface area contributed by atoms with E-state index >= 15 is 0 Å². The fourth-order valence-electron chi connectivity index (χ4n) is 11.8. The monoisotopic (exact) mass is 807 g/mol. The minimum Gasteiger partial charge on any atom is -0.508 e. The van der Waals surface area contributed by atoms with Gasteiger partial charge >= 0.3 is 0 Å². The van der Waals surface area contributed by atoms with E-state index in [-0.39, 0.29) is 35.8 Å². The highest BCUT2D eigenvalue weighted by atomic mass is 16.5. The number of nitrogens with one attached hydrogen (secondary N) is 1. The SMILES string of the molecule is O=C1CC[C@H](N2Cc3c(ccc4c3OC[C@H]3CN(C[C@@H]5COC6(CCN(c7ccc([C@@H]8c9ccc(O)cc9CC[C@@H]8c8ccccc8)cc7)CC6)C5)CCN43)C2=O)C(=O)N1. The second kappa shape index (κ2) is 15.0. The topological polar surface area (TPSA) is 115 Å². The number of hydrogen-bond acceptors (Lipinski definition) is 9. The average Bonchev–Trinajstić information content (AvgIpc) is 3.82. The van der Waals surface area contributed by atoms with E-state index < -0.39 is 11.9 Å². The number of phenols is 1. The predicted molar refractivity (Wildman–Crippen MR) is 228 cm³/mol. The summed E-state index contributed by atoms with van der Waals surface area (Å²) in [5.41, 5.74) is 9.00. The molecule has 2 N–H and O–H groups in total. The van der Waals surface area contributed by atoms with Gasteiger partial charge in [0.1, 0.15) is 24.1 Å². The maximum absolute atomic E-state index is 13.4. The number of anilines is 2. The molecule has 60 heavy (non-hydrogen) atoms. The van der Waals surface area contributed by atoms with Gasteiger partial charge in [-0.15, -0.1) is 0 Å². The summed E-state index contributed by atoms with van der Waals surface area (Å²) in [5.74, 6) is 1.41. The van der Waals surface area contributed by atoms with Crippen LogP contribution in [0.1, 0.15) is 88.5 Å². The van der Waals surface area contributed by atoms with Crippen LogP contribution in [-0.4, -0.2) is 103 Å². The first-order valence-corrected chi connectivity index (χ1v) is 22.1. The summed E-state index contributed by atoms with van der Waals surface area (Å²) in [5, 5.41) is 12.7. The molecule has 4 aromatic rings. The highest BCUT2D eigenvalue weighted by molar-refractivity contribution is 6.06. The van der Waals surface area contributed by atoms with E-state index in [1.54, 1.807) is 4.90 Å². The third-order valence-corrected chi connectivity index (χ3v) is 14.9. The maximum Gasteiger partial charge on any atom is 0.255 e. The van der Waals surface area contributed by atoms with Crippen molar-refractivity contribution >= 4 is 29.1 Å². The van der Waals surface area contributed by atoms with Gasteiger partial charge in [-0.05, 0) is 109 Å². The molecule has 0 radical (unpaired) electrons. The molecule has 11 heteroatoms. The highest BCUT2D eigenvalue weighted by Crippen LogP contribution is 2.48. The Bertz CT molecular complexity index is 2330. The molecule has 0 bridgehead atoms. The number of ether oxygens (including phenoxy) is 2. The molecule has 0 unspecified atom stereocenters. The second-order valence-corrected chi connectivity index (χ2v) is 18.3. The minimum absolute atomic E-state index is 0.0460. The molecule has 4 saturated heterocycles. The third kappa shape index (κ3) is 6.61. The summed E-state index contributed by atoms with van der Waals surface area (Å²) in [4.78, 5) is 46.9. The number of imide groups is 1. The lowest BCUT2D eigenvalue weighted by Crippen LogP contribution is -2.58. The van der Waals surface area contributed by atoms with Crippen molar-refractivity contribution in [2.24, 2.45) is 5.92 Å². The molecular formula is C49H53N5O6. The Kier molecular flexibility index (Phi) is 9.37. The molecular weight excluding hydrogens is 755 g/mol. The maximum atomic E-state index is 13.4. The molecule has 1 spiro atoms. The second-order valence-electron chi connectivity index (χ2n) is 18.3. The molecule has 7 aliphatic rings. The molecule has 11 rings (SSSR count). The standard InChI is InChI=1S/C49H53N5O6/c55-37-11-13-39-34(24-37)8-12-38(32-4-2-1-3-5-32)45(39)33-6-9-35(10-7-33)52-20-18-49(19-21-52)25-31(29-60-49)26-51-22-23-53-36(27-51)30-59-46-41-28-54(43-16-17-44(56)50-47(43)57)48(58)40(41)14-15-42(46)53/h1-7,9-11,13-15,24,31,36,38,43,45,55H,8,12,16-23,25-30H2,(H,50,56,57)/t31-,36-,38-,43+,45+/m1/s1. The smallest absolute Gasteiger partial charge is 0.255 e. The zero-order valence-electron chi connectivity index (χ0n) is 34.1. The fraction of sp³-hybridized carbons (Fsp3) is 0.449. The quantitative estimate of drug-likeness (QED) is 0.228. The molecule has 0 saturated carbocycles. The Morgan fingerprint density at radius 2 is 1.65 bits per heavy atom. The van der Waals surface area contributed by atoms with E-state index in [4.69, 9.17) is 9.47 Å². The molecule has 0 aromatic heterocycles. The van der Waals surface area contributed by atoms with Crippen LogP contribution in [0.4, 0.5) is 11.4 Å². The Morgan fingerprint density at radius 1 is 0.817 bits per heavy atom. The number of rotatable bonds is 6. The fourth-order valence-corrected chi connectivity index (χ4v) is 11.8. The molecule has 4 fully saturated rings. The van der Waals surface area contributed by atoms with Crippen molar-refractivity contribution < 1.29 is 29.0 Å². The van der Waals surface area contributed by atoms with Gasteiger partial charge < -0.3 is 29.3 Å². The molecule has 3 amide bonds. The Labute approximate surface area is 351 Å². The molecule has 4 aromatic carbocycles. The van der Waals surface area contributed by atoms with Crippen LogP contribution in [0.3, 0.4) is 0 Å². The average molecular weight is 808 g/mol. The van der Waals surface area contributed by atoms with Gasteiger partial charge in [0.2, 0.25) is 11.8 Å². The van der Waals surface area contributed by atoms with Crippen LogP contribution in [0.15, 0.2) is 84.9 Å². The lowest BCUT2D eigenvalue weighted by molar-refractivity contribution is -0.136. The van der Waals surface area contributed by atoms with E-state index in [9.17, 15) is 19.5 Å². The zero-order valence-corrected chi connectivity index (χ0v) is 34.1. The zero-order chi connectivity index (χ0) is 40.5. The van der Waals surface area contributed by atoms with Crippen LogP contribution in [0.5, 0.6) is 11.5 Å². The Balaban J connectivity index is 0.700. The van der Waals surface area contributed by atoms with Gasteiger partial charge in [0.15, 0.2) is 0 Å². The van der Waals surface area contributed by atoms with Crippen molar-refractivity contribution in [3.05, 3.63) is 118 Å². The number of nitrogens with zero attached hydrogens (tertiary/aromatic N) is 4. The lowest BCUT2D eigenvalue weighted by Gasteiger charge is -2.46. The first-order valence-electron chi connectivity index (χ1n) is 22.1. The van der Waals surface area contributed by atoms with E-state index in [1.807, 2.05) is 24.3 Å². The van der Waals surface area contributed by atoms with E-state index in [1.165, 1.54) is 27.9 Å². The van der Waals surface area contributed by atoms with Gasteiger partial charge in [-0.1, -0.05) is 48.5 Å². The van der Waals surface area contributed by atoms with Crippen molar-refractivity contribution in [2.75, 3.05) is 62.3 Å². The normalized spacial score (nSPS) is 27.2. The first kappa shape index (κ1) is 37.6. The molecule has 310 valence electrons. The van der Waals surface area contributed by atoms with Crippen molar-refractivity contribution in [1.82, 2.24) is 15.1 Å². The summed E-state index contributed by atoms with van der Waals surface area (Å²) in [6.07, 6.45) is 5.79. The van der Waals surface area contributed by atoms with Gasteiger partial charge in [-0.3, -0.25) is 24.6 Å². The van der Waals surface area contributed by atoms with Gasteiger partial charge in [0.25, 0.3) is 5.91 Å². The van der Waals surface area contributed by atoms with Crippen molar-refractivity contribution in [3.63, 3.8) is 0 Å². The van der Waals surface area contributed by atoms with E-state index in [2.05, 4.69) is 80.7 Å². The number of fused-ring (bicyclic) bond motifs is 6. The number of amides is 3. The largest absolute Gasteiger partial charge is 0.508 e. The number of carbonyl (C=O) groups excluding carboxylic acids is 3. The Morgan fingerprint density at radius 3 is 2.47 bits per heavy atom. The van der Waals surface area contributed by atoms with Crippen LogP contribution in [0.2, 0.25) is 0 Å². The molecule has 11 nitrogen and oxygen atoms in total. The summed E-state index contributed by atoms with van der Waals surface area (Å²) in [7, 11) is 0. The number of piperidine rings is 2. The van der Waals surface area contributed by atoms with E-state index in [0.29, 0.717) is 42.7 Å². The summed E-state index contributed by atoms with van der Waals surface area (Å²) < 4.78 is 13.2. The molecule has 5 atom stereocenters. The highest BCUT2D eigenvalue weighted by Gasteiger charge is 2.46. The number of aryl methyl sites for hydroxylation is 1. The number of aromatic hydroxyl groups is 1. The van der Waals surface area contributed by atoms with Crippen LogP contribution in [0, 0.1) is 5.92 Å². The Hall–Kier alpha value is -5.39. The predicted octanol–water partition coefficient (Wildman–Crippen LogP) is 5.97. The van der Waals surface area contributed by atoms with Gasteiger partial charge in [-0.25, -0.2) is 0 Å². The number of hydrogen-bond donors (Lipinski definition) is 2. The van der Waals surface area contributed by atoms with E-state index in [0.717, 1.165) is 95.0 Å². The first-order chi connectivity index (χ1) is 29.3. The molecule has 1 aliphatic carbocycles. The van der Waals surface area contributed by atoms with Crippen molar-refractivity contribution in [1.29, 1.82) is 0 Å². The van der Waals surface area contributed by atoms with Crippen LogP contribution < -0.4 is 19.9 Å². The van der Waals surface area contributed by atoms with Crippen LogP contribution >= 0.6 is 0 Å². The van der Waals surface area contributed by atoms with Crippen molar-refractivity contribution in [3.8, 4) is 11.5 Å². The van der Waals surface area contributed by atoms with Gasteiger partial charge in [0, 0.05) is 68.4 Å². The van der Waals surface area contributed by atoms with Crippen LogP contribution in [0.25, 0.3) is 0 Å². The van der Waals surface area contributed by atoms with Gasteiger partial charge in [-0.2, -0.15) is 0 Å². The van der Waals surface area contributed by atoms with Crippen molar-refractivity contribution in [2.45, 2.75) is 81.0 Å². The molecule has 6 heterocycles. The van der Waals surface area contributed by atoms with Crippen LogP contribution in [-0.2, 0) is 27.3 Å². The number of piperazine rings is 1. The third-order valence-electron chi connectivity index (χ3n) is 14.9. The number of benzene rings is 4. The minimum atomic E-state index is -0.639. The number of phenolic OH excluding ortho intramolecular Hbond substituents is 1. The summed E-state index contributed by atoms with van der Waals surface area (Å²) >= 11 is 0. The lowest BCUT2D eigenvalue weighted by atomic mass is 9.69. The van der Waals surface area contributed by atoms with Gasteiger partial charge in [0.05, 0.1) is 30.5 Å². The molecule has 6 aliphatic heterocycles. The number of carbonyl (C=O) groups is 3.